The van der Waals surface area contributed by atoms with Gasteiger partial charge in [-0.3, -0.25) is 9.11 Å². The predicted molar refractivity (Wildman–Crippen MR) is 123 cm³/mol. The van der Waals surface area contributed by atoms with E-state index in [4.69, 9.17) is 0 Å². The fraction of sp³-hybridized carbons (Fsp3) is 0. The zero-order valence-electron chi connectivity index (χ0n) is 16.9. The first-order valence-corrected chi connectivity index (χ1v) is 12.3. The standard InChI is InChI=1S/C21H16N2O9S2/c24-15-9-17(33(27,28)29)19(13-7-3-1-5-11(13)15)22-21(26)23-20-14-8-4-2-6-12(14)16(25)10-18(20)34(30,31)32/h1-10,24-25H,(H2,22,23,26)(H,27,28,29)(H,30,31,32). The number of fused-ring (bicyclic) bond motifs is 2. The topological polar surface area (TPSA) is 190 Å². The summed E-state index contributed by atoms with van der Waals surface area (Å²) in [5, 5.41) is 25.3. The van der Waals surface area contributed by atoms with E-state index in [1.807, 2.05) is 0 Å². The lowest BCUT2D eigenvalue weighted by Crippen LogP contribution is -2.22. The Morgan fingerprint density at radius 1 is 0.618 bits per heavy atom. The molecule has 0 radical (unpaired) electrons. The smallest absolute Gasteiger partial charge is 0.323 e. The molecule has 6 N–H and O–H groups in total. The number of carbonyl (C=O) groups is 1. The second-order valence-corrected chi connectivity index (χ2v) is 9.94. The van der Waals surface area contributed by atoms with Gasteiger partial charge in [0.05, 0.1) is 11.4 Å². The Morgan fingerprint density at radius 2 is 0.941 bits per heavy atom. The van der Waals surface area contributed by atoms with Crippen molar-refractivity contribution in [2.24, 2.45) is 0 Å². The third-order valence-electron chi connectivity index (χ3n) is 5.01. The SMILES string of the molecule is O=C(Nc1c(S(=O)(=O)O)cc(O)c2ccccc12)Nc1c(S(=O)(=O)O)cc(O)c2ccccc12. The third-order valence-corrected chi connectivity index (χ3v) is 6.76. The number of hydrogen-bond acceptors (Lipinski definition) is 7. The van der Waals surface area contributed by atoms with Crippen LogP contribution in [0.4, 0.5) is 16.2 Å². The van der Waals surface area contributed by atoms with Crippen LogP contribution < -0.4 is 10.6 Å². The monoisotopic (exact) mass is 504 g/mol. The Labute approximate surface area is 192 Å². The molecule has 0 aliphatic rings. The number of phenolic OH excluding ortho intramolecular Hbond substituents is 2. The van der Waals surface area contributed by atoms with E-state index in [0.29, 0.717) is 0 Å². The van der Waals surface area contributed by atoms with E-state index in [1.54, 1.807) is 12.1 Å². The van der Waals surface area contributed by atoms with Crippen LogP contribution in [0.3, 0.4) is 0 Å². The molecule has 4 aromatic rings. The molecular weight excluding hydrogens is 488 g/mol. The van der Waals surface area contributed by atoms with Crippen molar-refractivity contribution in [2.45, 2.75) is 9.79 Å². The fourth-order valence-corrected chi connectivity index (χ4v) is 4.94. The van der Waals surface area contributed by atoms with Crippen LogP contribution in [0.5, 0.6) is 11.5 Å². The summed E-state index contributed by atoms with van der Waals surface area (Å²) in [7, 11) is -9.82. The Kier molecular flexibility index (Phi) is 5.57. The minimum absolute atomic E-state index is 0.0656. The molecule has 0 aliphatic heterocycles. The molecule has 13 heteroatoms. The lowest BCUT2D eigenvalue weighted by Gasteiger charge is -2.17. The highest BCUT2D eigenvalue weighted by molar-refractivity contribution is 7.86. The van der Waals surface area contributed by atoms with Crippen molar-refractivity contribution in [1.82, 2.24) is 0 Å². The van der Waals surface area contributed by atoms with Crippen LogP contribution in [0.25, 0.3) is 21.5 Å². The lowest BCUT2D eigenvalue weighted by molar-refractivity contribution is 0.262. The Bertz CT molecular complexity index is 1570. The van der Waals surface area contributed by atoms with E-state index < -0.39 is 47.6 Å². The number of urea groups is 1. The number of anilines is 2. The van der Waals surface area contributed by atoms with Crippen molar-refractivity contribution in [3.05, 3.63) is 60.7 Å². The van der Waals surface area contributed by atoms with Crippen molar-refractivity contribution in [3.63, 3.8) is 0 Å². The number of amides is 2. The van der Waals surface area contributed by atoms with Gasteiger partial charge in [0.25, 0.3) is 20.2 Å². The summed E-state index contributed by atoms with van der Waals surface area (Å²) < 4.78 is 66.9. The summed E-state index contributed by atoms with van der Waals surface area (Å²) in [6.07, 6.45) is 0. The van der Waals surface area contributed by atoms with Gasteiger partial charge in [-0.05, 0) is 0 Å². The first kappa shape index (κ1) is 23.3. The van der Waals surface area contributed by atoms with Crippen molar-refractivity contribution in [3.8, 4) is 11.5 Å². The largest absolute Gasteiger partial charge is 0.507 e. The minimum atomic E-state index is -4.91. The second-order valence-electron chi connectivity index (χ2n) is 7.16. The molecule has 0 spiro atoms. The van der Waals surface area contributed by atoms with E-state index in [0.717, 1.165) is 12.1 Å². The molecule has 11 nitrogen and oxygen atoms in total. The molecule has 0 saturated carbocycles. The minimum Gasteiger partial charge on any atom is -0.507 e. The molecule has 0 fully saturated rings. The first-order chi connectivity index (χ1) is 15.9. The van der Waals surface area contributed by atoms with Gasteiger partial charge in [-0.25, -0.2) is 4.79 Å². The Morgan fingerprint density at radius 3 is 1.26 bits per heavy atom. The van der Waals surface area contributed by atoms with Gasteiger partial charge in [0.2, 0.25) is 0 Å². The lowest BCUT2D eigenvalue weighted by atomic mass is 10.1. The van der Waals surface area contributed by atoms with Crippen molar-refractivity contribution in [2.75, 3.05) is 10.6 Å². The molecule has 0 aliphatic carbocycles. The molecular formula is C21H16N2O9S2. The molecule has 2 amide bonds. The van der Waals surface area contributed by atoms with Gasteiger partial charge < -0.3 is 20.8 Å². The summed E-state index contributed by atoms with van der Waals surface area (Å²) in [6, 6.07) is 12.2. The molecule has 4 rings (SSSR count). The summed E-state index contributed by atoms with van der Waals surface area (Å²) in [4.78, 5) is 11.3. The quantitative estimate of drug-likeness (QED) is 0.178. The van der Waals surface area contributed by atoms with Crippen LogP contribution in [0.1, 0.15) is 0 Å². The highest BCUT2D eigenvalue weighted by Gasteiger charge is 2.25. The number of aromatic hydroxyl groups is 2. The van der Waals surface area contributed by atoms with Crippen molar-refractivity contribution < 1.29 is 40.9 Å². The van der Waals surface area contributed by atoms with Gasteiger partial charge in [-0.2, -0.15) is 16.8 Å². The molecule has 176 valence electrons. The molecule has 0 aromatic heterocycles. The summed E-state index contributed by atoms with van der Waals surface area (Å²) in [6.45, 7) is 0. The maximum Gasteiger partial charge on any atom is 0.323 e. The molecule has 0 atom stereocenters. The van der Waals surface area contributed by atoms with Crippen LogP contribution in [-0.4, -0.2) is 42.2 Å². The predicted octanol–water partition coefficient (Wildman–Crippen LogP) is 3.54. The number of phenols is 2. The molecule has 0 unspecified atom stereocenters. The van der Waals surface area contributed by atoms with Crippen LogP contribution in [0.2, 0.25) is 0 Å². The second kappa shape index (κ2) is 8.14. The van der Waals surface area contributed by atoms with Crippen LogP contribution >= 0.6 is 0 Å². The summed E-state index contributed by atoms with van der Waals surface area (Å²) >= 11 is 0. The number of rotatable bonds is 4. The summed E-state index contributed by atoms with van der Waals surface area (Å²) in [5.74, 6) is -0.931. The highest BCUT2D eigenvalue weighted by atomic mass is 32.2. The Balaban J connectivity index is 1.87. The molecule has 0 heterocycles. The van der Waals surface area contributed by atoms with E-state index in [2.05, 4.69) is 10.6 Å². The average Bonchev–Trinajstić information content (AvgIpc) is 2.76. The maximum absolute atomic E-state index is 12.9. The van der Waals surface area contributed by atoms with E-state index in [-0.39, 0.29) is 32.9 Å². The van der Waals surface area contributed by atoms with Gasteiger partial charge >= 0.3 is 6.03 Å². The van der Waals surface area contributed by atoms with Crippen LogP contribution in [0, 0.1) is 0 Å². The zero-order valence-corrected chi connectivity index (χ0v) is 18.6. The zero-order chi connectivity index (χ0) is 24.8. The van der Waals surface area contributed by atoms with Crippen molar-refractivity contribution >= 4 is 59.2 Å². The van der Waals surface area contributed by atoms with Crippen molar-refractivity contribution in [1.29, 1.82) is 0 Å². The van der Waals surface area contributed by atoms with Gasteiger partial charge in [0.1, 0.15) is 21.3 Å². The first-order valence-electron chi connectivity index (χ1n) is 9.40. The van der Waals surface area contributed by atoms with Crippen LogP contribution in [-0.2, 0) is 20.2 Å². The molecule has 4 aromatic carbocycles. The normalized spacial score (nSPS) is 12.1. The fourth-order valence-electron chi connectivity index (χ4n) is 3.59. The number of hydrogen-bond donors (Lipinski definition) is 6. The van der Waals surface area contributed by atoms with Gasteiger partial charge in [-0.1, -0.05) is 48.5 Å². The molecule has 0 bridgehead atoms. The third kappa shape index (κ3) is 4.20. The highest BCUT2D eigenvalue weighted by Crippen LogP contribution is 2.39. The molecule has 34 heavy (non-hydrogen) atoms. The van der Waals surface area contributed by atoms with E-state index in [9.17, 15) is 40.9 Å². The maximum atomic E-state index is 12.9. The van der Waals surface area contributed by atoms with Gasteiger partial charge in [0.15, 0.2) is 0 Å². The van der Waals surface area contributed by atoms with Gasteiger partial charge in [0, 0.05) is 33.7 Å². The number of benzene rings is 4. The molecule has 0 saturated heterocycles. The van der Waals surface area contributed by atoms with Crippen LogP contribution in [0.15, 0.2) is 70.5 Å². The van der Waals surface area contributed by atoms with E-state index >= 15 is 0 Å². The number of carbonyl (C=O) groups excluding carboxylic acids is 1. The summed E-state index contributed by atoms with van der Waals surface area (Å²) in [5.41, 5.74) is -0.769. The van der Waals surface area contributed by atoms with Gasteiger partial charge in [-0.15, -0.1) is 0 Å². The Hall–Kier alpha value is -3.91. The average molecular weight is 504 g/mol. The van der Waals surface area contributed by atoms with E-state index in [1.165, 1.54) is 36.4 Å². The number of nitrogens with one attached hydrogen (secondary N) is 2.